The second kappa shape index (κ2) is 6.70. The Labute approximate surface area is 141 Å². The lowest BCUT2D eigenvalue weighted by atomic mass is 10.1. The summed E-state index contributed by atoms with van der Waals surface area (Å²) in [6.45, 7) is 3.68. The average molecular weight is 353 g/mol. The molecule has 1 saturated heterocycles. The van der Waals surface area contributed by atoms with Crippen molar-refractivity contribution in [1.82, 2.24) is 14.5 Å². The number of hydrogen-bond donors (Lipinski definition) is 0. The summed E-state index contributed by atoms with van der Waals surface area (Å²) in [5, 5.41) is 7.83. The van der Waals surface area contributed by atoms with Crippen molar-refractivity contribution < 1.29 is 17.6 Å². The van der Waals surface area contributed by atoms with Gasteiger partial charge in [0.05, 0.1) is 0 Å². The van der Waals surface area contributed by atoms with Crippen LogP contribution in [0.2, 0.25) is 0 Å². The second-order valence-electron chi connectivity index (χ2n) is 6.05. The molecule has 1 aliphatic rings. The van der Waals surface area contributed by atoms with Crippen molar-refractivity contribution in [3.05, 3.63) is 41.4 Å². The molecule has 1 aromatic heterocycles. The van der Waals surface area contributed by atoms with Gasteiger partial charge in [-0.25, -0.2) is 4.39 Å². The first-order valence-corrected chi connectivity index (χ1v) is 9.41. The molecule has 1 fully saturated rings. The molecule has 24 heavy (non-hydrogen) atoms. The molecule has 2 unspecified atom stereocenters. The van der Waals surface area contributed by atoms with E-state index in [2.05, 4.69) is 10.2 Å². The van der Waals surface area contributed by atoms with Gasteiger partial charge in [-0.15, -0.1) is 14.5 Å². The Balaban J connectivity index is 2.04. The number of halogens is 1. The van der Waals surface area contributed by atoms with Gasteiger partial charge in [0.1, 0.15) is 11.9 Å². The van der Waals surface area contributed by atoms with Gasteiger partial charge < -0.3 is 8.97 Å². The smallest absolute Gasteiger partial charge is 0.238 e. The predicted molar refractivity (Wildman–Crippen MR) is 85.2 cm³/mol. The number of sulfonamides is 1. The van der Waals surface area contributed by atoms with Crippen LogP contribution in [0.5, 0.6) is 0 Å². The first kappa shape index (κ1) is 17.2. The van der Waals surface area contributed by atoms with Crippen molar-refractivity contribution >= 4 is 10.4 Å². The van der Waals surface area contributed by atoms with Crippen LogP contribution in [0, 0.1) is 19.7 Å². The molecule has 2 heterocycles. The summed E-state index contributed by atoms with van der Waals surface area (Å²) < 4.78 is 46.8. The zero-order valence-corrected chi connectivity index (χ0v) is 14.5. The lowest BCUT2D eigenvalue weighted by Crippen LogP contribution is -2.40. The highest BCUT2D eigenvalue weighted by Gasteiger charge is 2.41. The van der Waals surface area contributed by atoms with Crippen LogP contribution in [-0.4, -0.2) is 25.6 Å². The van der Waals surface area contributed by atoms with Gasteiger partial charge in [-0.1, -0.05) is 23.1 Å². The summed E-state index contributed by atoms with van der Waals surface area (Å²) in [4.78, 5) is -0.00867. The molecule has 0 saturated carbocycles. The standard InChI is InChI=1S/C16H20FN3O3S/c1-11-7-8-13(17)10-15(11)24(21,22)20-9-5-3-4-6-14(20)16-19-18-12(2)23-16/h7-8,10,14H,3-6,9H2,1-2H3. The molecule has 0 N–H and O–H groups in total. The number of aryl methyl sites for hydroxylation is 2. The summed E-state index contributed by atoms with van der Waals surface area (Å²) in [7, 11) is -3.86. The third kappa shape index (κ3) is 3.26. The van der Waals surface area contributed by atoms with Crippen LogP contribution >= 0.6 is 0 Å². The van der Waals surface area contributed by atoms with Crippen LogP contribution in [0.15, 0.2) is 27.5 Å². The third-order valence-corrected chi connectivity index (χ3v) is 6.32. The molecule has 3 rings (SSSR count). The van der Waals surface area contributed by atoms with E-state index in [-0.39, 0.29) is 4.90 Å². The van der Waals surface area contributed by atoms with Crippen LogP contribution in [0.3, 0.4) is 0 Å². The maximum Gasteiger partial charge on any atom is 0.238 e. The molecule has 0 spiro atoms. The second-order valence-corrected chi connectivity index (χ2v) is 7.91. The number of benzene rings is 1. The molecule has 2 aromatic rings. The normalized spacial score (nSPS) is 22.1. The summed E-state index contributed by atoms with van der Waals surface area (Å²) in [6, 6.07) is 3.30. The molecule has 0 aliphatic carbocycles. The quantitative estimate of drug-likeness (QED) is 0.790. The maximum atomic E-state index is 13.6. The van der Waals surface area contributed by atoms with Gasteiger partial charge >= 0.3 is 0 Å². The lowest BCUT2D eigenvalue weighted by Gasteiger charge is -2.31. The molecule has 0 bridgehead atoms. The molecule has 8 heteroatoms. The molecule has 0 amide bonds. The Hall–Kier alpha value is -1.64. The van der Waals surface area contributed by atoms with E-state index in [1.807, 2.05) is 0 Å². The van der Waals surface area contributed by atoms with E-state index < -0.39 is 22.3 Å². The van der Waals surface area contributed by atoms with E-state index in [1.54, 1.807) is 13.8 Å². The highest BCUT2D eigenvalue weighted by molar-refractivity contribution is 7.95. The van der Waals surface area contributed by atoms with E-state index in [0.717, 1.165) is 25.3 Å². The first-order valence-electron chi connectivity index (χ1n) is 7.97. The largest absolute Gasteiger partial charge is 0.593 e. The van der Waals surface area contributed by atoms with E-state index in [9.17, 15) is 13.2 Å². The van der Waals surface area contributed by atoms with Crippen molar-refractivity contribution in [3.8, 4) is 0 Å². The highest BCUT2D eigenvalue weighted by Crippen LogP contribution is 2.37. The minimum atomic E-state index is -3.86. The fraction of sp³-hybridized carbons (Fsp3) is 0.500. The Morgan fingerprint density at radius 1 is 1.29 bits per heavy atom. The zero-order valence-electron chi connectivity index (χ0n) is 13.7. The van der Waals surface area contributed by atoms with Crippen molar-refractivity contribution in [3.63, 3.8) is 0 Å². The average Bonchev–Trinajstić information content (AvgIpc) is 2.82. The van der Waals surface area contributed by atoms with Crippen molar-refractivity contribution in [1.29, 1.82) is 0 Å². The highest BCUT2D eigenvalue weighted by atomic mass is 32.3. The molecule has 130 valence electrons. The van der Waals surface area contributed by atoms with Gasteiger partial charge in [-0.3, -0.25) is 0 Å². The van der Waals surface area contributed by atoms with E-state index in [1.165, 1.54) is 16.4 Å². The molecule has 1 aromatic carbocycles. The number of rotatable bonds is 3. The SMILES string of the molecule is Cc1nnc(C2CCCCCN2[S+](=O)([O-])c2cc(F)ccc2C)o1. The van der Waals surface area contributed by atoms with Crippen LogP contribution in [0.25, 0.3) is 0 Å². The van der Waals surface area contributed by atoms with Crippen molar-refractivity contribution in [2.75, 3.05) is 6.54 Å². The summed E-state index contributed by atoms with van der Waals surface area (Å²) in [6.07, 6.45) is 3.16. The monoisotopic (exact) mass is 353 g/mol. The molecule has 1 aliphatic heterocycles. The number of hydrogen-bond acceptors (Lipinski definition) is 5. The van der Waals surface area contributed by atoms with Crippen LogP contribution in [0.4, 0.5) is 4.39 Å². The minimum Gasteiger partial charge on any atom is -0.593 e. The first-order chi connectivity index (χ1) is 11.4. The summed E-state index contributed by atoms with van der Waals surface area (Å²) >= 11 is 0. The van der Waals surface area contributed by atoms with Crippen LogP contribution < -0.4 is 0 Å². The van der Waals surface area contributed by atoms with E-state index in [0.29, 0.717) is 30.3 Å². The molecular formula is C16H20FN3O3S. The summed E-state index contributed by atoms with van der Waals surface area (Å²) in [5.74, 6) is 0.125. The van der Waals surface area contributed by atoms with Gasteiger partial charge in [-0.2, -0.15) is 0 Å². The van der Waals surface area contributed by atoms with Gasteiger partial charge in [0.2, 0.25) is 11.8 Å². The Kier molecular flexibility index (Phi) is 4.80. The van der Waals surface area contributed by atoms with E-state index in [4.69, 9.17) is 4.42 Å². The van der Waals surface area contributed by atoms with Crippen LogP contribution in [0.1, 0.15) is 49.1 Å². The number of aromatic nitrogens is 2. The van der Waals surface area contributed by atoms with E-state index >= 15 is 0 Å². The van der Waals surface area contributed by atoms with Gasteiger partial charge in [0.25, 0.3) is 0 Å². The fourth-order valence-electron chi connectivity index (χ4n) is 3.04. The third-order valence-electron chi connectivity index (χ3n) is 4.27. The van der Waals surface area contributed by atoms with Gasteiger partial charge in [0.15, 0.2) is 15.3 Å². The van der Waals surface area contributed by atoms with Crippen molar-refractivity contribution in [2.45, 2.75) is 50.5 Å². The molecule has 0 radical (unpaired) electrons. The molecule has 6 nitrogen and oxygen atoms in total. The Morgan fingerprint density at radius 2 is 2.08 bits per heavy atom. The number of nitrogens with zero attached hydrogens (tertiary/aromatic N) is 3. The zero-order chi connectivity index (χ0) is 17.3. The molecule has 2 atom stereocenters. The van der Waals surface area contributed by atoms with Gasteiger partial charge in [0, 0.05) is 25.1 Å². The van der Waals surface area contributed by atoms with Gasteiger partial charge in [-0.05, 0) is 25.8 Å². The topological polar surface area (TPSA) is 82.3 Å². The van der Waals surface area contributed by atoms with Crippen LogP contribution in [-0.2, 0) is 14.6 Å². The van der Waals surface area contributed by atoms with Crippen molar-refractivity contribution in [2.24, 2.45) is 0 Å². The Bertz CT molecular complexity index is 780. The minimum absolute atomic E-state index is 0.00867. The maximum absolute atomic E-state index is 13.6. The molecular weight excluding hydrogens is 333 g/mol. The fourth-order valence-corrected chi connectivity index (χ4v) is 4.93. The lowest BCUT2D eigenvalue weighted by molar-refractivity contribution is 0.252. The predicted octanol–water partition coefficient (Wildman–Crippen LogP) is 3.35. The summed E-state index contributed by atoms with van der Waals surface area (Å²) in [5.41, 5.74) is 0.515. The Morgan fingerprint density at radius 3 is 2.79 bits per heavy atom.